The molecule has 4 nitrogen and oxygen atoms in total. The van der Waals surface area contributed by atoms with E-state index in [2.05, 4.69) is 66.0 Å². The van der Waals surface area contributed by atoms with Crippen molar-refractivity contribution in [3.05, 3.63) is 143 Å². The molecule has 4 heteroatoms. The third-order valence-corrected chi connectivity index (χ3v) is 7.51. The molecule has 2 aliphatic heterocycles. The van der Waals surface area contributed by atoms with E-state index in [4.69, 9.17) is 4.74 Å². The van der Waals surface area contributed by atoms with Gasteiger partial charge in [-0.2, -0.15) is 0 Å². The number of piperidine rings is 1. The van der Waals surface area contributed by atoms with E-state index in [1.807, 2.05) is 59.5 Å². The Morgan fingerprint density at radius 1 is 0.737 bits per heavy atom. The van der Waals surface area contributed by atoms with Gasteiger partial charge in [0.25, 0.3) is 5.91 Å². The fraction of sp³-hybridized carbons (Fsp3) is 0.206. The average molecular weight is 501 g/mol. The second-order valence-electron chi connectivity index (χ2n) is 10.2. The fourth-order valence-corrected chi connectivity index (χ4v) is 5.48. The Labute approximate surface area is 224 Å². The molecule has 2 heterocycles. The Bertz CT molecular complexity index is 1380. The first-order valence-electron chi connectivity index (χ1n) is 13.4. The Kier molecular flexibility index (Phi) is 6.80. The topological polar surface area (TPSA) is 41.6 Å². The molecule has 0 aromatic heterocycles. The molecule has 1 saturated heterocycles. The lowest BCUT2D eigenvalue weighted by Gasteiger charge is -2.40. The van der Waals surface area contributed by atoms with Crippen LogP contribution in [0.15, 0.2) is 115 Å². The van der Waals surface area contributed by atoms with Gasteiger partial charge in [-0.3, -0.25) is 4.79 Å². The predicted molar refractivity (Wildman–Crippen MR) is 152 cm³/mol. The molecule has 1 amide bonds. The number of hydrogen-bond acceptors (Lipinski definition) is 3. The molecule has 1 N–H and O–H groups in total. The minimum absolute atomic E-state index is 0.0282. The van der Waals surface area contributed by atoms with E-state index < -0.39 is 0 Å². The van der Waals surface area contributed by atoms with E-state index in [0.29, 0.717) is 18.7 Å². The summed E-state index contributed by atoms with van der Waals surface area (Å²) in [7, 11) is 0. The van der Waals surface area contributed by atoms with Crippen molar-refractivity contribution in [3.8, 4) is 5.75 Å². The maximum atomic E-state index is 13.8. The number of benzene rings is 4. The maximum Gasteiger partial charge on any atom is 0.254 e. The van der Waals surface area contributed by atoms with E-state index >= 15 is 0 Å². The molecule has 0 aliphatic carbocycles. The molecule has 0 bridgehead atoms. The van der Waals surface area contributed by atoms with Gasteiger partial charge in [-0.05, 0) is 59.6 Å². The molecule has 0 radical (unpaired) electrons. The molecule has 1 fully saturated rings. The number of rotatable bonds is 6. The number of para-hydroxylation sites is 1. The number of nitrogens with one attached hydrogen (secondary N) is 1. The van der Waals surface area contributed by atoms with E-state index in [9.17, 15) is 4.79 Å². The van der Waals surface area contributed by atoms with E-state index in [1.54, 1.807) is 0 Å². The van der Waals surface area contributed by atoms with Gasteiger partial charge < -0.3 is 15.0 Å². The third kappa shape index (κ3) is 5.13. The second kappa shape index (κ2) is 10.7. The number of nitrogens with zero attached hydrogens (tertiary/aromatic N) is 1. The highest BCUT2D eigenvalue weighted by Crippen LogP contribution is 2.42. The van der Waals surface area contributed by atoms with Crippen LogP contribution in [0.2, 0.25) is 0 Å². The van der Waals surface area contributed by atoms with Crippen LogP contribution in [0.4, 0.5) is 0 Å². The standard InChI is InChI=1S/C34H32N2O2/c37-33(36(24-26-9-3-1-4-10-26)25-27-11-5-2-6-12-27)29-17-15-28(16-18-29)31-23-34(19-21-35-22-20-34)38-32-14-8-7-13-30(31)32/h1-18,23,35H,19-22,24-25H2. The van der Waals surface area contributed by atoms with Gasteiger partial charge in [0.05, 0.1) is 0 Å². The van der Waals surface area contributed by atoms with Crippen molar-refractivity contribution in [2.24, 2.45) is 0 Å². The van der Waals surface area contributed by atoms with Crippen LogP contribution in [0.5, 0.6) is 5.75 Å². The largest absolute Gasteiger partial charge is 0.482 e. The number of carbonyl (C=O) groups excluding carboxylic acids is 1. The summed E-state index contributed by atoms with van der Waals surface area (Å²) in [5, 5.41) is 3.45. The molecule has 0 atom stereocenters. The van der Waals surface area contributed by atoms with Crippen LogP contribution in [-0.2, 0) is 13.1 Å². The summed E-state index contributed by atoms with van der Waals surface area (Å²) in [5.41, 5.74) is 6.02. The molecule has 38 heavy (non-hydrogen) atoms. The molecule has 6 rings (SSSR count). The molecular formula is C34H32N2O2. The lowest BCUT2D eigenvalue weighted by atomic mass is 9.83. The van der Waals surface area contributed by atoms with Crippen LogP contribution in [0, 0.1) is 0 Å². The van der Waals surface area contributed by atoms with Crippen LogP contribution in [0.1, 0.15) is 45.5 Å². The smallest absolute Gasteiger partial charge is 0.254 e. The number of carbonyl (C=O) groups is 1. The van der Waals surface area contributed by atoms with Gasteiger partial charge in [0.2, 0.25) is 0 Å². The summed E-state index contributed by atoms with van der Waals surface area (Å²) in [4.78, 5) is 15.7. The molecule has 190 valence electrons. The predicted octanol–water partition coefficient (Wildman–Crippen LogP) is 6.48. The normalized spacial score (nSPS) is 15.7. The van der Waals surface area contributed by atoms with Crippen molar-refractivity contribution in [2.45, 2.75) is 31.5 Å². The Morgan fingerprint density at radius 2 is 1.32 bits per heavy atom. The van der Waals surface area contributed by atoms with Crippen molar-refractivity contribution in [1.82, 2.24) is 10.2 Å². The number of fused-ring (bicyclic) bond motifs is 1. The molecule has 2 aliphatic rings. The van der Waals surface area contributed by atoms with Crippen LogP contribution in [-0.4, -0.2) is 29.5 Å². The highest BCUT2D eigenvalue weighted by atomic mass is 16.5. The number of hydrogen-bond donors (Lipinski definition) is 1. The summed E-state index contributed by atoms with van der Waals surface area (Å²) in [6, 6.07) is 36.7. The monoisotopic (exact) mass is 500 g/mol. The van der Waals surface area contributed by atoms with Crippen molar-refractivity contribution in [1.29, 1.82) is 0 Å². The van der Waals surface area contributed by atoms with E-state index in [-0.39, 0.29) is 11.5 Å². The first-order valence-corrected chi connectivity index (χ1v) is 13.4. The quantitative estimate of drug-likeness (QED) is 0.330. The van der Waals surface area contributed by atoms with Gasteiger partial charge in [0.1, 0.15) is 11.4 Å². The minimum atomic E-state index is -0.286. The lowest BCUT2D eigenvalue weighted by molar-refractivity contribution is 0.0729. The van der Waals surface area contributed by atoms with Crippen LogP contribution < -0.4 is 10.1 Å². The zero-order chi connectivity index (χ0) is 25.8. The van der Waals surface area contributed by atoms with Crippen LogP contribution in [0.3, 0.4) is 0 Å². The Hall–Kier alpha value is -4.15. The van der Waals surface area contributed by atoms with Crippen molar-refractivity contribution in [3.63, 3.8) is 0 Å². The molecule has 0 saturated carbocycles. The number of amides is 1. The highest BCUT2D eigenvalue weighted by molar-refractivity contribution is 5.95. The molecule has 0 unspecified atom stereocenters. The first kappa shape index (κ1) is 24.2. The highest BCUT2D eigenvalue weighted by Gasteiger charge is 2.37. The first-order chi connectivity index (χ1) is 18.7. The zero-order valence-electron chi connectivity index (χ0n) is 21.5. The summed E-state index contributed by atoms with van der Waals surface area (Å²) in [6.07, 6.45) is 4.19. The third-order valence-electron chi connectivity index (χ3n) is 7.51. The van der Waals surface area contributed by atoms with Gasteiger partial charge in [0.15, 0.2) is 0 Å². The van der Waals surface area contributed by atoms with E-state index in [1.165, 1.54) is 5.57 Å². The lowest BCUT2D eigenvalue weighted by Crippen LogP contribution is -2.46. The molecule has 4 aromatic rings. The van der Waals surface area contributed by atoms with Gasteiger partial charge >= 0.3 is 0 Å². The molecule has 1 spiro atoms. The Morgan fingerprint density at radius 3 is 1.95 bits per heavy atom. The van der Waals surface area contributed by atoms with Crippen molar-refractivity contribution >= 4 is 11.5 Å². The van der Waals surface area contributed by atoms with Crippen molar-refractivity contribution < 1.29 is 9.53 Å². The van der Waals surface area contributed by atoms with Gasteiger partial charge in [0, 0.05) is 37.1 Å². The molecular weight excluding hydrogens is 468 g/mol. The maximum absolute atomic E-state index is 13.8. The second-order valence-corrected chi connectivity index (χ2v) is 10.2. The van der Waals surface area contributed by atoms with Crippen molar-refractivity contribution in [2.75, 3.05) is 13.1 Å². The Balaban J connectivity index is 1.30. The summed E-state index contributed by atoms with van der Waals surface area (Å²) in [5.74, 6) is 0.962. The zero-order valence-corrected chi connectivity index (χ0v) is 21.5. The summed E-state index contributed by atoms with van der Waals surface area (Å²) in [6.45, 7) is 3.00. The summed E-state index contributed by atoms with van der Waals surface area (Å²) >= 11 is 0. The SMILES string of the molecule is O=C(c1ccc(C2=CC3(CCNCC3)Oc3ccccc32)cc1)N(Cc1ccccc1)Cc1ccccc1. The van der Waals surface area contributed by atoms with Gasteiger partial charge in [-0.1, -0.05) is 91.0 Å². The van der Waals surface area contributed by atoms with E-state index in [0.717, 1.165) is 53.9 Å². The van der Waals surface area contributed by atoms with Gasteiger partial charge in [-0.15, -0.1) is 0 Å². The number of ether oxygens (including phenoxy) is 1. The fourth-order valence-electron chi connectivity index (χ4n) is 5.48. The molecule has 4 aromatic carbocycles. The minimum Gasteiger partial charge on any atom is -0.482 e. The average Bonchev–Trinajstić information content (AvgIpc) is 2.98. The van der Waals surface area contributed by atoms with Gasteiger partial charge in [-0.25, -0.2) is 0 Å². The van der Waals surface area contributed by atoms with Crippen LogP contribution in [0.25, 0.3) is 5.57 Å². The summed E-state index contributed by atoms with van der Waals surface area (Å²) < 4.78 is 6.54. The van der Waals surface area contributed by atoms with Crippen LogP contribution >= 0.6 is 0 Å².